The zero-order valence-corrected chi connectivity index (χ0v) is 12.3. The van der Waals surface area contributed by atoms with Gasteiger partial charge in [-0.2, -0.15) is 0 Å². The molecule has 0 saturated carbocycles. The molecule has 0 aliphatic carbocycles. The summed E-state index contributed by atoms with van der Waals surface area (Å²) in [6.45, 7) is 20.0. The van der Waals surface area contributed by atoms with Gasteiger partial charge < -0.3 is 0 Å². The zero-order chi connectivity index (χ0) is 12.6. The van der Waals surface area contributed by atoms with Gasteiger partial charge in [0.1, 0.15) is 0 Å². The van der Waals surface area contributed by atoms with Crippen molar-refractivity contribution in [3.05, 3.63) is 0 Å². The second-order valence-corrected chi connectivity index (χ2v) is 6.83. The van der Waals surface area contributed by atoms with Gasteiger partial charge in [0.25, 0.3) is 0 Å². The Kier molecular flexibility index (Phi) is 4.07. The van der Waals surface area contributed by atoms with Crippen LogP contribution in [0.5, 0.6) is 0 Å². The molecule has 0 aromatic rings. The van der Waals surface area contributed by atoms with Gasteiger partial charge >= 0.3 is 0 Å². The summed E-state index contributed by atoms with van der Waals surface area (Å²) in [5.41, 5.74) is 0.667. The molecule has 1 atom stereocenters. The number of piperazine rings is 1. The minimum atomic E-state index is 0.316. The summed E-state index contributed by atoms with van der Waals surface area (Å²) in [4.78, 5) is 5.29. The van der Waals surface area contributed by atoms with Gasteiger partial charge in [-0.1, -0.05) is 6.92 Å². The predicted molar refractivity (Wildman–Crippen MR) is 71.9 cm³/mol. The largest absolute Gasteiger partial charge is 0.296 e. The predicted octanol–water partition coefficient (Wildman–Crippen LogP) is 2.98. The Morgan fingerprint density at radius 3 is 2.00 bits per heavy atom. The van der Waals surface area contributed by atoms with Crippen molar-refractivity contribution in [1.29, 1.82) is 0 Å². The monoisotopic (exact) mass is 226 g/mol. The fraction of sp³-hybridized carbons (Fsp3) is 1.00. The molecule has 2 nitrogen and oxygen atoms in total. The third-order valence-corrected chi connectivity index (χ3v) is 4.22. The molecule has 1 rings (SSSR count). The Balaban J connectivity index is 2.66. The van der Waals surface area contributed by atoms with E-state index in [-0.39, 0.29) is 0 Å². The van der Waals surface area contributed by atoms with Crippen LogP contribution in [0.3, 0.4) is 0 Å². The Bertz CT molecular complexity index is 227. The molecule has 0 unspecified atom stereocenters. The highest BCUT2D eigenvalue weighted by molar-refractivity contribution is 4.92. The Morgan fingerprint density at radius 1 is 1.06 bits per heavy atom. The summed E-state index contributed by atoms with van der Waals surface area (Å²) < 4.78 is 0. The van der Waals surface area contributed by atoms with Crippen molar-refractivity contribution in [2.45, 2.75) is 72.0 Å². The lowest BCUT2D eigenvalue weighted by Gasteiger charge is -2.51. The van der Waals surface area contributed by atoms with Crippen molar-refractivity contribution >= 4 is 0 Å². The number of rotatable bonds is 2. The lowest BCUT2D eigenvalue weighted by molar-refractivity contribution is -0.0227. The quantitative estimate of drug-likeness (QED) is 0.714. The van der Waals surface area contributed by atoms with Gasteiger partial charge in [-0.15, -0.1) is 0 Å². The molecule has 16 heavy (non-hydrogen) atoms. The number of nitrogens with zero attached hydrogens (tertiary/aromatic N) is 2. The molecular formula is C14H30N2. The van der Waals surface area contributed by atoms with E-state index in [1.165, 1.54) is 26.1 Å². The van der Waals surface area contributed by atoms with Crippen LogP contribution in [0.2, 0.25) is 0 Å². The van der Waals surface area contributed by atoms with E-state index in [4.69, 9.17) is 0 Å². The van der Waals surface area contributed by atoms with Crippen LogP contribution in [0.15, 0.2) is 0 Å². The topological polar surface area (TPSA) is 6.48 Å². The van der Waals surface area contributed by atoms with E-state index in [0.29, 0.717) is 17.1 Å². The molecule has 0 aromatic heterocycles. The summed E-state index contributed by atoms with van der Waals surface area (Å²) >= 11 is 0. The van der Waals surface area contributed by atoms with Crippen LogP contribution < -0.4 is 0 Å². The maximum atomic E-state index is 2.68. The maximum Gasteiger partial charge on any atom is 0.0200 e. The van der Waals surface area contributed by atoms with Crippen LogP contribution >= 0.6 is 0 Å². The molecular weight excluding hydrogens is 196 g/mol. The van der Waals surface area contributed by atoms with Crippen molar-refractivity contribution in [2.24, 2.45) is 0 Å². The Hall–Kier alpha value is -0.0800. The number of hydrogen-bond acceptors (Lipinski definition) is 2. The van der Waals surface area contributed by atoms with E-state index in [0.717, 1.165) is 0 Å². The van der Waals surface area contributed by atoms with E-state index >= 15 is 0 Å². The maximum absolute atomic E-state index is 2.68. The third-order valence-electron chi connectivity index (χ3n) is 4.22. The van der Waals surface area contributed by atoms with Gasteiger partial charge in [0.2, 0.25) is 0 Å². The zero-order valence-electron chi connectivity index (χ0n) is 12.3. The first-order valence-electron chi connectivity index (χ1n) is 6.70. The average molecular weight is 226 g/mol. The third kappa shape index (κ3) is 2.98. The fourth-order valence-corrected chi connectivity index (χ4v) is 2.67. The lowest BCUT2D eigenvalue weighted by Crippen LogP contribution is -2.62. The van der Waals surface area contributed by atoms with Gasteiger partial charge in [0, 0.05) is 36.8 Å². The van der Waals surface area contributed by atoms with Gasteiger partial charge in [0.15, 0.2) is 0 Å². The van der Waals surface area contributed by atoms with E-state index in [1.54, 1.807) is 0 Å². The number of hydrogen-bond donors (Lipinski definition) is 0. The molecule has 96 valence electrons. The van der Waals surface area contributed by atoms with Crippen LogP contribution in [0.25, 0.3) is 0 Å². The van der Waals surface area contributed by atoms with Crippen molar-refractivity contribution in [2.75, 3.05) is 19.6 Å². The molecule has 0 aromatic carbocycles. The van der Waals surface area contributed by atoms with Crippen LogP contribution in [-0.2, 0) is 0 Å². The highest BCUT2D eigenvalue weighted by Gasteiger charge is 2.35. The molecule has 0 spiro atoms. The molecule has 2 heteroatoms. The van der Waals surface area contributed by atoms with E-state index in [1.807, 2.05) is 0 Å². The molecule has 0 bridgehead atoms. The van der Waals surface area contributed by atoms with E-state index in [2.05, 4.69) is 58.3 Å². The highest BCUT2D eigenvalue weighted by atomic mass is 15.3. The first-order valence-corrected chi connectivity index (χ1v) is 6.70. The molecule has 1 fully saturated rings. The summed E-state index contributed by atoms with van der Waals surface area (Å²) in [7, 11) is 0. The molecule has 0 amide bonds. The van der Waals surface area contributed by atoms with Crippen molar-refractivity contribution < 1.29 is 0 Å². The van der Waals surface area contributed by atoms with Crippen molar-refractivity contribution in [1.82, 2.24) is 9.80 Å². The van der Waals surface area contributed by atoms with Gasteiger partial charge in [-0.3, -0.25) is 9.80 Å². The summed E-state index contributed by atoms with van der Waals surface area (Å²) in [5.74, 6) is 0. The smallest absolute Gasteiger partial charge is 0.0200 e. The van der Waals surface area contributed by atoms with Gasteiger partial charge in [-0.25, -0.2) is 0 Å². The molecule has 0 radical (unpaired) electrons. The van der Waals surface area contributed by atoms with Crippen molar-refractivity contribution in [3.63, 3.8) is 0 Å². The molecule has 1 saturated heterocycles. The first-order chi connectivity index (χ1) is 7.18. The standard InChI is InChI=1S/C14H30N2/c1-8-14(6,7)16-10-9-15(11-12(16)2)13(3,4)5/h12H,8-11H2,1-7H3/t12-/m0/s1. The summed E-state index contributed by atoms with van der Waals surface area (Å²) in [6.07, 6.45) is 1.23. The first kappa shape index (κ1) is 14.0. The molecule has 1 aliphatic heterocycles. The van der Waals surface area contributed by atoms with E-state index < -0.39 is 0 Å². The van der Waals surface area contributed by atoms with E-state index in [9.17, 15) is 0 Å². The summed E-state index contributed by atoms with van der Waals surface area (Å²) in [6, 6.07) is 0.669. The van der Waals surface area contributed by atoms with Gasteiger partial charge in [-0.05, 0) is 48.0 Å². The molecule has 0 N–H and O–H groups in total. The second-order valence-electron chi connectivity index (χ2n) is 6.83. The lowest BCUT2D eigenvalue weighted by atomic mass is 9.94. The molecule has 1 aliphatic rings. The Labute approximate surface area is 102 Å². The van der Waals surface area contributed by atoms with Gasteiger partial charge in [0.05, 0.1) is 0 Å². The van der Waals surface area contributed by atoms with Crippen LogP contribution in [0.4, 0.5) is 0 Å². The fourth-order valence-electron chi connectivity index (χ4n) is 2.67. The minimum Gasteiger partial charge on any atom is -0.296 e. The SMILES string of the molecule is CCC(C)(C)N1CCN(C(C)(C)C)C[C@@H]1C. The molecule has 1 heterocycles. The van der Waals surface area contributed by atoms with Crippen LogP contribution in [-0.4, -0.2) is 46.6 Å². The van der Waals surface area contributed by atoms with Crippen molar-refractivity contribution in [3.8, 4) is 0 Å². The highest BCUT2D eigenvalue weighted by Crippen LogP contribution is 2.26. The van der Waals surface area contributed by atoms with Crippen LogP contribution in [0, 0.1) is 0 Å². The average Bonchev–Trinajstić information content (AvgIpc) is 2.16. The Morgan fingerprint density at radius 2 is 1.62 bits per heavy atom. The normalized spacial score (nSPS) is 26.1. The second kappa shape index (κ2) is 4.66. The summed E-state index contributed by atoms with van der Waals surface area (Å²) in [5, 5.41) is 0. The van der Waals surface area contributed by atoms with Crippen LogP contribution in [0.1, 0.15) is 54.9 Å². The minimum absolute atomic E-state index is 0.316.